The zero-order chi connectivity index (χ0) is 15.0. The van der Waals surface area contributed by atoms with E-state index in [1.165, 1.54) is 5.56 Å². The van der Waals surface area contributed by atoms with Gasteiger partial charge in [0.25, 0.3) is 0 Å². The third-order valence-corrected chi connectivity index (χ3v) is 2.66. The number of nitrogens with one attached hydrogen (secondary N) is 1. The molecule has 0 unspecified atom stereocenters. The van der Waals surface area contributed by atoms with Crippen LogP contribution < -0.4 is 0 Å². The highest BCUT2D eigenvalue weighted by Gasteiger charge is 1.95. The molecule has 0 amide bonds. The van der Waals surface area contributed by atoms with Crippen molar-refractivity contribution >= 4 is 23.8 Å². The predicted molar refractivity (Wildman–Crippen MR) is 88.4 cm³/mol. The molecular weight excluding hydrogens is 266 g/mol. The van der Waals surface area contributed by atoms with Crippen LogP contribution in [0.5, 0.6) is 0 Å². The molecule has 3 aromatic rings. The molecule has 4 heteroatoms. The summed E-state index contributed by atoms with van der Waals surface area (Å²) >= 11 is 4.15. The van der Waals surface area contributed by atoms with Crippen molar-refractivity contribution in [2.24, 2.45) is 0 Å². The van der Waals surface area contributed by atoms with Crippen molar-refractivity contribution in [1.29, 1.82) is 0 Å². The fourth-order valence-electron chi connectivity index (χ4n) is 1.59. The second kappa shape index (κ2) is 8.38. The molecule has 106 valence electrons. The highest BCUT2D eigenvalue weighted by Crippen LogP contribution is 2.06. The monoisotopic (exact) mass is 287 g/mol. The van der Waals surface area contributed by atoms with E-state index in [0.717, 1.165) is 21.9 Å². The largest absolute Gasteiger partial charge is 0.341 e. The van der Waals surface area contributed by atoms with E-state index in [2.05, 4.69) is 40.6 Å². The van der Waals surface area contributed by atoms with Gasteiger partial charge >= 0.3 is 0 Å². The lowest BCUT2D eigenvalue weighted by atomic mass is 10.2. The van der Waals surface area contributed by atoms with Gasteiger partial charge in [-0.1, -0.05) is 31.5 Å². The molecule has 0 saturated carbocycles. The number of nitrogens with zero attached hydrogens (tertiary/aromatic N) is 2. The van der Waals surface area contributed by atoms with Crippen LogP contribution in [0.25, 0.3) is 11.2 Å². The molecule has 0 fully saturated rings. The lowest BCUT2D eigenvalue weighted by Gasteiger charge is -1.89. The van der Waals surface area contributed by atoms with Gasteiger partial charge in [-0.15, -0.1) is 12.6 Å². The quantitative estimate of drug-likeness (QED) is 0.594. The van der Waals surface area contributed by atoms with Crippen LogP contribution in [0.15, 0.2) is 47.5 Å². The number of aryl methyl sites for hydroxylation is 2. The van der Waals surface area contributed by atoms with Crippen molar-refractivity contribution in [3.8, 4) is 0 Å². The van der Waals surface area contributed by atoms with Crippen molar-refractivity contribution in [2.75, 3.05) is 0 Å². The molecule has 0 spiro atoms. The zero-order valence-corrected chi connectivity index (χ0v) is 13.3. The van der Waals surface area contributed by atoms with Crippen molar-refractivity contribution in [3.63, 3.8) is 0 Å². The molecule has 2 heterocycles. The number of hydrogen-bond acceptors (Lipinski definition) is 3. The lowest BCUT2D eigenvalue weighted by molar-refractivity contribution is 1.16. The fourth-order valence-corrected chi connectivity index (χ4v) is 1.88. The number of hydrogen-bond donors (Lipinski definition) is 2. The summed E-state index contributed by atoms with van der Waals surface area (Å²) in [6.45, 7) is 7.97. The molecule has 1 N–H and O–H groups in total. The number of pyridine rings is 1. The molecule has 0 aliphatic heterocycles. The van der Waals surface area contributed by atoms with Gasteiger partial charge in [-0.2, -0.15) is 0 Å². The Hall–Kier alpha value is -1.81. The molecule has 0 saturated heterocycles. The molecule has 0 atom stereocenters. The summed E-state index contributed by atoms with van der Waals surface area (Å²) in [6.07, 6.45) is 1.74. The molecule has 0 aliphatic carbocycles. The summed E-state index contributed by atoms with van der Waals surface area (Å²) in [5.41, 5.74) is 3.05. The maximum Gasteiger partial charge on any atom is 0.177 e. The Kier molecular flexibility index (Phi) is 6.81. The molecule has 0 aliphatic rings. The zero-order valence-electron chi connectivity index (χ0n) is 12.4. The number of thiol groups is 1. The van der Waals surface area contributed by atoms with Crippen LogP contribution >= 0.6 is 12.6 Å². The van der Waals surface area contributed by atoms with E-state index in [4.69, 9.17) is 0 Å². The Bertz CT molecular complexity index is 597. The van der Waals surface area contributed by atoms with Crippen molar-refractivity contribution in [1.82, 2.24) is 15.0 Å². The van der Waals surface area contributed by atoms with Gasteiger partial charge in [-0.3, -0.25) is 0 Å². The van der Waals surface area contributed by atoms with Crippen molar-refractivity contribution < 1.29 is 0 Å². The Morgan fingerprint density at radius 2 is 1.80 bits per heavy atom. The second-order valence-corrected chi connectivity index (χ2v) is 4.55. The summed E-state index contributed by atoms with van der Waals surface area (Å²) in [5, 5.41) is 0. The highest BCUT2D eigenvalue weighted by atomic mass is 32.1. The van der Waals surface area contributed by atoms with Gasteiger partial charge in [0.1, 0.15) is 5.82 Å². The van der Waals surface area contributed by atoms with Crippen LogP contribution in [0.3, 0.4) is 0 Å². The maximum atomic E-state index is 4.15. The molecule has 0 bridgehead atoms. The van der Waals surface area contributed by atoms with Crippen LogP contribution in [0.2, 0.25) is 0 Å². The number of aromatic nitrogens is 3. The van der Waals surface area contributed by atoms with E-state index in [-0.39, 0.29) is 0 Å². The Morgan fingerprint density at radius 1 is 1.05 bits per heavy atom. The maximum absolute atomic E-state index is 4.15. The minimum Gasteiger partial charge on any atom is -0.341 e. The van der Waals surface area contributed by atoms with Gasteiger partial charge in [0.2, 0.25) is 0 Å². The number of rotatable bonds is 0. The third kappa shape index (κ3) is 5.05. The Morgan fingerprint density at radius 3 is 2.35 bits per heavy atom. The van der Waals surface area contributed by atoms with Crippen molar-refractivity contribution in [3.05, 3.63) is 54.0 Å². The van der Waals surface area contributed by atoms with E-state index in [0.29, 0.717) is 0 Å². The summed E-state index contributed by atoms with van der Waals surface area (Å²) in [6, 6.07) is 11.9. The summed E-state index contributed by atoms with van der Waals surface area (Å²) in [5.74, 6) is 0.911. The van der Waals surface area contributed by atoms with Crippen LogP contribution in [-0.4, -0.2) is 15.0 Å². The van der Waals surface area contributed by atoms with E-state index >= 15 is 0 Å². The average Bonchev–Trinajstić information content (AvgIpc) is 2.81. The smallest absolute Gasteiger partial charge is 0.177 e. The highest BCUT2D eigenvalue weighted by molar-refractivity contribution is 7.80. The van der Waals surface area contributed by atoms with Gasteiger partial charge in [-0.05, 0) is 38.1 Å². The predicted octanol–water partition coefficient (Wildman–Crippen LogP) is 4.58. The third-order valence-electron chi connectivity index (χ3n) is 2.38. The van der Waals surface area contributed by atoms with Crippen LogP contribution in [0.4, 0.5) is 0 Å². The molecule has 3 rings (SSSR count). The van der Waals surface area contributed by atoms with E-state index in [1.54, 1.807) is 6.20 Å². The Balaban J connectivity index is 0.000000182. The minimum absolute atomic E-state index is 0.792. The summed E-state index contributed by atoms with van der Waals surface area (Å²) < 4.78 is 0. The number of imidazole rings is 1. The first-order valence-corrected chi connectivity index (χ1v) is 7.13. The summed E-state index contributed by atoms with van der Waals surface area (Å²) in [7, 11) is 0. The van der Waals surface area contributed by atoms with Crippen molar-refractivity contribution in [2.45, 2.75) is 32.6 Å². The van der Waals surface area contributed by atoms with Crippen LogP contribution in [0, 0.1) is 13.8 Å². The minimum atomic E-state index is 0.792. The van der Waals surface area contributed by atoms with Crippen LogP contribution in [-0.2, 0) is 0 Å². The first-order valence-electron chi connectivity index (χ1n) is 6.68. The van der Waals surface area contributed by atoms with Gasteiger partial charge in [0.15, 0.2) is 5.65 Å². The SMILES string of the molecule is CC.Cc1cccc(S)c1.Cc1nc2ncccc2[nH]1. The Labute approximate surface area is 125 Å². The molecular formula is C16H21N3S. The standard InChI is InChI=1S/C7H7N3.C7H8S.C2H6/c1-5-9-6-3-2-4-8-7(6)10-5;1-6-3-2-4-7(8)5-6;1-2/h2-4H,1H3,(H,8,9,10);2-5,8H,1H3;1-2H3. The van der Waals surface area contributed by atoms with Gasteiger partial charge in [0.05, 0.1) is 5.52 Å². The van der Waals surface area contributed by atoms with E-state index < -0.39 is 0 Å². The summed E-state index contributed by atoms with van der Waals surface area (Å²) in [4.78, 5) is 12.3. The fraction of sp³-hybridized carbons (Fsp3) is 0.250. The van der Waals surface area contributed by atoms with E-state index in [9.17, 15) is 0 Å². The van der Waals surface area contributed by atoms with Gasteiger partial charge in [0, 0.05) is 11.1 Å². The first-order chi connectivity index (χ1) is 9.65. The normalized spacial score (nSPS) is 9.25. The average molecular weight is 287 g/mol. The second-order valence-electron chi connectivity index (χ2n) is 4.04. The molecule has 1 aromatic carbocycles. The first kappa shape index (κ1) is 16.2. The van der Waals surface area contributed by atoms with Gasteiger partial charge in [-0.25, -0.2) is 9.97 Å². The van der Waals surface area contributed by atoms with Gasteiger partial charge < -0.3 is 4.98 Å². The number of aromatic amines is 1. The molecule has 20 heavy (non-hydrogen) atoms. The number of fused-ring (bicyclic) bond motifs is 1. The van der Waals surface area contributed by atoms with Crippen LogP contribution in [0.1, 0.15) is 25.2 Å². The lowest BCUT2D eigenvalue weighted by Crippen LogP contribution is -1.72. The number of H-pyrrole nitrogens is 1. The number of benzene rings is 1. The molecule has 0 radical (unpaired) electrons. The molecule has 3 nitrogen and oxygen atoms in total. The topological polar surface area (TPSA) is 41.6 Å². The molecule has 2 aromatic heterocycles. The van der Waals surface area contributed by atoms with E-state index in [1.807, 2.05) is 51.1 Å².